The third-order valence-corrected chi connectivity index (χ3v) is 2.94. The molecule has 0 atom stereocenters. The van der Waals surface area contributed by atoms with Crippen LogP contribution in [0.1, 0.15) is 12.5 Å². The maximum absolute atomic E-state index is 5.25. The lowest BCUT2D eigenvalue weighted by Crippen LogP contribution is -2.34. The number of hydrazine groups is 1. The number of nitrogens with one attached hydrogen (secondary N) is 1. The van der Waals surface area contributed by atoms with Crippen molar-refractivity contribution < 1.29 is 0 Å². The molecular weight excluding hydrogens is 206 g/mol. The predicted molar refractivity (Wildman–Crippen MR) is 66.5 cm³/mol. The maximum Gasteiger partial charge on any atom is 0.0612 e. The van der Waals surface area contributed by atoms with Crippen molar-refractivity contribution in [1.29, 1.82) is 0 Å². The van der Waals surface area contributed by atoms with E-state index < -0.39 is 0 Å². The van der Waals surface area contributed by atoms with Crippen LogP contribution in [0, 0.1) is 0 Å². The van der Waals surface area contributed by atoms with Gasteiger partial charge >= 0.3 is 0 Å². The Morgan fingerprint density at radius 1 is 1.33 bits per heavy atom. The molecule has 1 aromatic carbocycles. The van der Waals surface area contributed by atoms with Crippen LogP contribution in [0.15, 0.2) is 29.2 Å². The van der Waals surface area contributed by atoms with E-state index in [0.717, 1.165) is 12.3 Å². The van der Waals surface area contributed by atoms with Gasteiger partial charge in [0.05, 0.1) is 6.67 Å². The monoisotopic (exact) mass is 225 g/mol. The zero-order valence-electron chi connectivity index (χ0n) is 9.36. The first-order valence-electron chi connectivity index (χ1n) is 5.10. The summed E-state index contributed by atoms with van der Waals surface area (Å²) in [7, 11) is 2.04. The van der Waals surface area contributed by atoms with Crippen molar-refractivity contribution >= 4 is 11.8 Å². The average Bonchev–Trinajstić information content (AvgIpc) is 2.22. The molecule has 0 amide bonds. The Morgan fingerprint density at radius 3 is 2.53 bits per heavy atom. The van der Waals surface area contributed by atoms with Crippen molar-refractivity contribution in [2.45, 2.75) is 18.4 Å². The van der Waals surface area contributed by atoms with Crippen molar-refractivity contribution in [3.63, 3.8) is 0 Å². The zero-order chi connectivity index (χ0) is 11.1. The number of nitrogens with two attached hydrogens (primary N) is 1. The van der Waals surface area contributed by atoms with Crippen molar-refractivity contribution in [2.24, 2.45) is 5.84 Å². The fourth-order valence-electron chi connectivity index (χ4n) is 1.38. The molecule has 84 valence electrons. The largest absolute Gasteiger partial charge is 0.288 e. The second-order valence-corrected chi connectivity index (χ2v) is 4.79. The fraction of sp³-hybridized carbons (Fsp3) is 0.455. The van der Waals surface area contributed by atoms with E-state index in [9.17, 15) is 0 Å². The number of hydrogen-bond acceptors (Lipinski definition) is 4. The minimum Gasteiger partial charge on any atom is -0.288 e. The SMILES string of the molecule is CCSc1ccc(CN(C)CNN)cc1. The Hall–Kier alpha value is -0.550. The molecule has 3 nitrogen and oxygen atoms in total. The molecule has 0 saturated heterocycles. The van der Waals surface area contributed by atoms with Crippen molar-refractivity contribution in [3.05, 3.63) is 29.8 Å². The number of nitrogens with zero attached hydrogens (tertiary/aromatic N) is 1. The zero-order valence-corrected chi connectivity index (χ0v) is 10.2. The van der Waals surface area contributed by atoms with Gasteiger partial charge in [-0.15, -0.1) is 11.8 Å². The van der Waals surface area contributed by atoms with E-state index in [0.29, 0.717) is 6.67 Å². The molecule has 15 heavy (non-hydrogen) atoms. The summed E-state index contributed by atoms with van der Waals surface area (Å²) < 4.78 is 0. The lowest BCUT2D eigenvalue weighted by Gasteiger charge is -2.15. The molecule has 4 heteroatoms. The molecule has 0 unspecified atom stereocenters. The van der Waals surface area contributed by atoms with Crippen LogP contribution >= 0.6 is 11.8 Å². The Balaban J connectivity index is 2.48. The highest BCUT2D eigenvalue weighted by Gasteiger charge is 1.99. The van der Waals surface area contributed by atoms with Crippen LogP contribution in [-0.2, 0) is 6.54 Å². The summed E-state index contributed by atoms with van der Waals surface area (Å²) in [5.41, 5.74) is 3.95. The number of benzene rings is 1. The van der Waals surface area contributed by atoms with Gasteiger partial charge in [0.25, 0.3) is 0 Å². The molecule has 0 spiro atoms. The Labute approximate surface area is 96.0 Å². The Kier molecular flexibility index (Phi) is 5.71. The molecule has 0 bridgehead atoms. The molecule has 0 saturated carbocycles. The minimum absolute atomic E-state index is 0.700. The van der Waals surface area contributed by atoms with Gasteiger partial charge in [-0.3, -0.25) is 10.7 Å². The molecule has 0 radical (unpaired) electrons. The summed E-state index contributed by atoms with van der Waals surface area (Å²) in [6.45, 7) is 3.78. The van der Waals surface area contributed by atoms with E-state index in [1.807, 2.05) is 18.8 Å². The van der Waals surface area contributed by atoms with Crippen LogP contribution in [0.2, 0.25) is 0 Å². The molecule has 0 aliphatic rings. The first kappa shape index (κ1) is 12.5. The summed E-state index contributed by atoms with van der Waals surface area (Å²) in [5, 5.41) is 0. The van der Waals surface area contributed by atoms with Gasteiger partial charge in [-0.05, 0) is 30.5 Å². The van der Waals surface area contributed by atoms with Gasteiger partial charge in [0.15, 0.2) is 0 Å². The smallest absolute Gasteiger partial charge is 0.0612 e. The van der Waals surface area contributed by atoms with E-state index >= 15 is 0 Å². The molecule has 1 aromatic rings. The van der Waals surface area contributed by atoms with Crippen LogP contribution in [0.5, 0.6) is 0 Å². The Bertz CT molecular complexity index is 274. The number of rotatable bonds is 6. The lowest BCUT2D eigenvalue weighted by atomic mass is 10.2. The Morgan fingerprint density at radius 2 is 2.00 bits per heavy atom. The standard InChI is InChI=1S/C11H19N3S/c1-3-15-11-6-4-10(5-7-11)8-14(2)9-13-12/h4-7,13H,3,8-9,12H2,1-2H3. The summed E-state index contributed by atoms with van der Waals surface area (Å²) >= 11 is 1.87. The van der Waals surface area contributed by atoms with Crippen LogP contribution in [0.4, 0.5) is 0 Å². The van der Waals surface area contributed by atoms with Crippen LogP contribution in [0.3, 0.4) is 0 Å². The molecule has 1 rings (SSSR count). The number of hydrogen-bond donors (Lipinski definition) is 2. The van der Waals surface area contributed by atoms with E-state index in [2.05, 4.69) is 41.5 Å². The van der Waals surface area contributed by atoms with Gasteiger partial charge in [-0.1, -0.05) is 19.1 Å². The molecule has 0 aliphatic carbocycles. The van der Waals surface area contributed by atoms with Gasteiger partial charge in [0.1, 0.15) is 0 Å². The molecule has 0 heterocycles. The second-order valence-electron chi connectivity index (χ2n) is 3.45. The first-order chi connectivity index (χ1) is 7.26. The molecule has 3 N–H and O–H groups in total. The highest BCUT2D eigenvalue weighted by molar-refractivity contribution is 7.99. The van der Waals surface area contributed by atoms with E-state index in [1.165, 1.54) is 10.5 Å². The van der Waals surface area contributed by atoms with E-state index in [4.69, 9.17) is 5.84 Å². The van der Waals surface area contributed by atoms with Crippen molar-refractivity contribution in [2.75, 3.05) is 19.5 Å². The maximum atomic E-state index is 5.25. The van der Waals surface area contributed by atoms with E-state index in [-0.39, 0.29) is 0 Å². The lowest BCUT2D eigenvalue weighted by molar-refractivity contribution is 0.301. The molecular formula is C11H19N3S. The quantitative estimate of drug-likeness (QED) is 0.334. The minimum atomic E-state index is 0.700. The highest BCUT2D eigenvalue weighted by atomic mass is 32.2. The van der Waals surface area contributed by atoms with Crippen molar-refractivity contribution in [1.82, 2.24) is 10.3 Å². The summed E-state index contributed by atoms with van der Waals surface area (Å²) in [5.74, 6) is 6.37. The predicted octanol–water partition coefficient (Wildman–Crippen LogP) is 1.65. The van der Waals surface area contributed by atoms with E-state index in [1.54, 1.807) is 0 Å². The molecule has 0 aliphatic heterocycles. The normalized spacial score (nSPS) is 10.9. The molecule has 0 fully saturated rings. The van der Waals surface area contributed by atoms with Gasteiger partial charge < -0.3 is 0 Å². The summed E-state index contributed by atoms with van der Waals surface area (Å²) in [6, 6.07) is 8.69. The third-order valence-electron chi connectivity index (χ3n) is 2.05. The third kappa shape index (κ3) is 4.66. The summed E-state index contributed by atoms with van der Waals surface area (Å²) in [4.78, 5) is 3.46. The van der Waals surface area contributed by atoms with Crippen LogP contribution in [-0.4, -0.2) is 24.4 Å². The summed E-state index contributed by atoms with van der Waals surface area (Å²) in [6.07, 6.45) is 0. The van der Waals surface area contributed by atoms with Gasteiger partial charge in [-0.2, -0.15) is 0 Å². The van der Waals surface area contributed by atoms with Gasteiger partial charge in [0.2, 0.25) is 0 Å². The second kappa shape index (κ2) is 6.85. The van der Waals surface area contributed by atoms with Gasteiger partial charge in [0, 0.05) is 11.4 Å². The van der Waals surface area contributed by atoms with Crippen LogP contribution in [0.25, 0.3) is 0 Å². The van der Waals surface area contributed by atoms with Gasteiger partial charge in [-0.25, -0.2) is 5.43 Å². The fourth-order valence-corrected chi connectivity index (χ4v) is 2.04. The topological polar surface area (TPSA) is 41.3 Å². The number of thioether (sulfide) groups is 1. The van der Waals surface area contributed by atoms with Crippen LogP contribution < -0.4 is 11.3 Å². The molecule has 0 aromatic heterocycles. The first-order valence-corrected chi connectivity index (χ1v) is 6.08. The van der Waals surface area contributed by atoms with Crippen molar-refractivity contribution in [3.8, 4) is 0 Å². The highest BCUT2D eigenvalue weighted by Crippen LogP contribution is 2.18. The average molecular weight is 225 g/mol.